The van der Waals surface area contributed by atoms with Crippen molar-refractivity contribution in [3.63, 3.8) is 0 Å². The zero-order valence-corrected chi connectivity index (χ0v) is 37.5. The number of benzene rings is 1. The predicted molar refractivity (Wildman–Crippen MR) is 234 cm³/mol. The molecular formula is C38H47BrCl4N8O7. The number of pyridine rings is 3. The summed E-state index contributed by atoms with van der Waals surface area (Å²) < 4.78 is 15.4. The number of carbonyl (C=O) groups excluding carboxylic acids is 3. The molecule has 0 aliphatic rings. The largest absolute Gasteiger partial charge is 0.508 e. The molecule has 0 aliphatic carbocycles. The third kappa shape index (κ3) is 21.4. The first-order valence-electron chi connectivity index (χ1n) is 17.0. The first-order valence-corrected chi connectivity index (χ1v) is 19.3. The molecule has 3 aromatic heterocycles. The fourth-order valence-corrected chi connectivity index (χ4v) is 4.93. The molecule has 4 rings (SSSR count). The minimum absolute atomic E-state index is 0.0324. The van der Waals surface area contributed by atoms with Gasteiger partial charge in [-0.2, -0.15) is 0 Å². The molecule has 0 bridgehead atoms. The lowest BCUT2D eigenvalue weighted by molar-refractivity contribution is 0.0991. The maximum atomic E-state index is 11.2. The zero-order chi connectivity index (χ0) is 44.2. The van der Waals surface area contributed by atoms with Crippen LogP contribution in [-0.4, -0.2) is 106 Å². The van der Waals surface area contributed by atoms with Crippen LogP contribution in [0.2, 0.25) is 20.6 Å². The summed E-state index contributed by atoms with van der Waals surface area (Å²) in [6.45, 7) is 12.5. The number of aromatic hydroxyl groups is 1. The van der Waals surface area contributed by atoms with Gasteiger partial charge in [0.1, 0.15) is 38.0 Å². The highest BCUT2D eigenvalue weighted by atomic mass is 79.9. The molecule has 58 heavy (non-hydrogen) atoms. The number of unbranched alkanes of at least 4 members (excludes halogenated alkanes) is 1. The maximum absolute atomic E-state index is 11.2. The quantitative estimate of drug-likeness (QED) is 0.0475. The number of aromatic nitrogens is 3. The first-order chi connectivity index (χ1) is 27.5. The number of primary amides is 2. The summed E-state index contributed by atoms with van der Waals surface area (Å²) in [5, 5.41) is 9.87. The SMILES string of the molecule is CCCCOC.COCCN(C)c1nc(Cl)ccc1C(N)=O.NC(=O)c1ccc(Cl)nc1Cl.O=Cc1cc(O)ccc1Br.[C-]#[N+]c1ccc(Cl)nc1N(C)CCOC. The third-order valence-corrected chi connectivity index (χ3v) is 8.56. The Morgan fingerprint density at radius 2 is 1.28 bits per heavy atom. The van der Waals surface area contributed by atoms with Crippen LogP contribution in [0.3, 0.4) is 0 Å². The van der Waals surface area contributed by atoms with Crippen LogP contribution in [0.5, 0.6) is 5.75 Å². The van der Waals surface area contributed by atoms with E-state index in [9.17, 15) is 14.4 Å². The van der Waals surface area contributed by atoms with Crippen molar-refractivity contribution in [2.24, 2.45) is 11.5 Å². The van der Waals surface area contributed by atoms with Crippen molar-refractivity contribution in [1.29, 1.82) is 0 Å². The van der Waals surface area contributed by atoms with Crippen molar-refractivity contribution in [1.82, 2.24) is 15.0 Å². The number of amides is 2. The standard InChI is InChI=1S/C10H14ClN3O2.C10H12ClN3O.C7H5BrO2.C6H4Cl2N2O.C5H12O/c1-14(5-6-16-2)10-7(9(12)15)3-4-8(11)13-10;1-12-8-4-5-9(11)13-10(8)14(2)6-7-15-3;8-7-2-1-6(10)3-5(7)4-9;7-4-2-1-3(6(9)11)5(8)10-4;1-3-4-5-6-2/h3-4H,5-6H2,1-2H3,(H2,12,15);4-5H,6-7H2,2-3H3;1-4,10H;1-2H,(H2,9,11);3-5H2,1-2H3. The van der Waals surface area contributed by atoms with Crippen LogP contribution >= 0.6 is 62.3 Å². The van der Waals surface area contributed by atoms with Gasteiger partial charge in [-0.1, -0.05) is 75.7 Å². The van der Waals surface area contributed by atoms with Crippen LogP contribution in [0, 0.1) is 6.57 Å². The highest BCUT2D eigenvalue weighted by molar-refractivity contribution is 9.10. The van der Waals surface area contributed by atoms with Crippen LogP contribution in [0.4, 0.5) is 17.3 Å². The van der Waals surface area contributed by atoms with E-state index in [4.69, 9.17) is 83.8 Å². The number of hydrogen-bond acceptors (Lipinski definition) is 12. The van der Waals surface area contributed by atoms with E-state index < -0.39 is 11.8 Å². The van der Waals surface area contributed by atoms with Crippen LogP contribution in [0.25, 0.3) is 4.85 Å². The molecule has 0 unspecified atom stereocenters. The van der Waals surface area contributed by atoms with E-state index in [0.29, 0.717) is 75.8 Å². The lowest BCUT2D eigenvalue weighted by Gasteiger charge is -2.19. The Bertz CT molecular complexity index is 1920. The second-order valence-electron chi connectivity index (χ2n) is 11.3. The average Bonchev–Trinajstić information content (AvgIpc) is 3.19. The number of rotatable bonds is 14. The summed E-state index contributed by atoms with van der Waals surface area (Å²) in [6, 6.07) is 13.8. The summed E-state index contributed by atoms with van der Waals surface area (Å²) in [6.07, 6.45) is 3.11. The summed E-state index contributed by atoms with van der Waals surface area (Å²) >= 11 is 25.7. The lowest BCUT2D eigenvalue weighted by atomic mass is 10.2. The van der Waals surface area contributed by atoms with E-state index in [-0.39, 0.29) is 21.6 Å². The van der Waals surface area contributed by atoms with Gasteiger partial charge in [0.25, 0.3) is 11.8 Å². The van der Waals surface area contributed by atoms with Crippen molar-refractivity contribution in [3.05, 3.63) is 108 Å². The van der Waals surface area contributed by atoms with Gasteiger partial charge in [0.2, 0.25) is 5.69 Å². The van der Waals surface area contributed by atoms with Gasteiger partial charge < -0.3 is 40.6 Å². The minimum Gasteiger partial charge on any atom is -0.508 e. The monoisotopic (exact) mass is 946 g/mol. The van der Waals surface area contributed by atoms with E-state index in [0.717, 1.165) is 6.61 Å². The molecule has 0 saturated carbocycles. The smallest absolute Gasteiger partial charge is 0.252 e. The number of halogens is 5. The Labute approximate surface area is 367 Å². The number of methoxy groups -OCH3 is 3. The second kappa shape index (κ2) is 30.7. The van der Waals surface area contributed by atoms with E-state index in [1.54, 1.807) is 57.5 Å². The Kier molecular flexibility index (Phi) is 28.4. The number of ether oxygens (including phenoxy) is 3. The molecule has 20 heteroatoms. The highest BCUT2D eigenvalue weighted by Gasteiger charge is 2.14. The van der Waals surface area contributed by atoms with Gasteiger partial charge in [-0.25, -0.2) is 19.8 Å². The van der Waals surface area contributed by atoms with E-state index in [2.05, 4.69) is 42.7 Å². The molecule has 2 amide bonds. The number of phenols is 1. The van der Waals surface area contributed by atoms with Crippen molar-refractivity contribution in [2.45, 2.75) is 19.8 Å². The number of nitrogens with zero attached hydrogens (tertiary/aromatic N) is 6. The maximum Gasteiger partial charge on any atom is 0.252 e. The average molecular weight is 950 g/mol. The summed E-state index contributed by atoms with van der Waals surface area (Å²) in [5.74, 6) is 0.0273. The molecule has 3 heterocycles. The Morgan fingerprint density at radius 3 is 1.71 bits per heavy atom. The van der Waals surface area contributed by atoms with Gasteiger partial charge in [-0.15, -0.1) is 0 Å². The van der Waals surface area contributed by atoms with Crippen molar-refractivity contribution >= 4 is 97.8 Å². The molecule has 0 fully saturated rings. The summed E-state index contributed by atoms with van der Waals surface area (Å²) in [5.41, 5.74) is 11.7. The zero-order valence-electron chi connectivity index (χ0n) is 32.8. The predicted octanol–water partition coefficient (Wildman–Crippen LogP) is 8.17. The fraction of sp³-hybridized carbons (Fsp3) is 0.342. The van der Waals surface area contributed by atoms with Crippen molar-refractivity contribution < 1.29 is 33.7 Å². The molecule has 0 spiro atoms. The van der Waals surface area contributed by atoms with Crippen LogP contribution in [-0.2, 0) is 14.2 Å². The van der Waals surface area contributed by atoms with E-state index in [1.807, 2.05) is 11.9 Å². The van der Waals surface area contributed by atoms with Crippen LogP contribution in [0.15, 0.2) is 59.1 Å². The number of likely N-dealkylation sites (N-methyl/N-ethyl adjacent to an activating group) is 2. The van der Waals surface area contributed by atoms with Gasteiger partial charge >= 0.3 is 0 Å². The molecule has 0 aliphatic heterocycles. The second-order valence-corrected chi connectivity index (χ2v) is 13.7. The molecule has 0 saturated heterocycles. The normalized spacial score (nSPS) is 9.69. The van der Waals surface area contributed by atoms with Crippen LogP contribution in [0.1, 0.15) is 50.8 Å². The number of nitrogens with two attached hydrogens (primary N) is 2. The molecule has 0 atom stereocenters. The van der Waals surface area contributed by atoms with Crippen molar-refractivity contribution in [2.75, 3.05) is 78.1 Å². The van der Waals surface area contributed by atoms with Gasteiger partial charge in [-0.05, 0) is 61.0 Å². The number of phenolic OH excluding ortho intramolecular Hbond substituents is 1. The highest BCUT2D eigenvalue weighted by Crippen LogP contribution is 2.27. The molecule has 1 aromatic carbocycles. The Balaban J connectivity index is 0.000000723. The lowest BCUT2D eigenvalue weighted by Crippen LogP contribution is -2.26. The fourth-order valence-electron chi connectivity index (χ4n) is 3.87. The number of anilines is 2. The van der Waals surface area contributed by atoms with Gasteiger partial charge in [0, 0.05) is 65.2 Å². The van der Waals surface area contributed by atoms with Crippen LogP contribution < -0.4 is 21.3 Å². The molecule has 5 N–H and O–H groups in total. The summed E-state index contributed by atoms with van der Waals surface area (Å²) in [4.78, 5) is 50.9. The topological polar surface area (TPSA) is 201 Å². The Hall–Kier alpha value is -4.31. The number of aldehydes is 1. The molecule has 0 radical (unpaired) electrons. The van der Waals surface area contributed by atoms with Gasteiger partial charge in [0.15, 0.2) is 6.29 Å². The van der Waals surface area contributed by atoms with Crippen molar-refractivity contribution in [3.8, 4) is 5.75 Å². The number of carbonyl (C=O) groups is 3. The minimum atomic E-state index is -0.612. The molecule has 15 nitrogen and oxygen atoms in total. The molecular weight excluding hydrogens is 902 g/mol. The first kappa shape index (κ1) is 53.7. The molecule has 4 aromatic rings. The Morgan fingerprint density at radius 1 is 0.793 bits per heavy atom. The van der Waals surface area contributed by atoms with E-state index >= 15 is 0 Å². The summed E-state index contributed by atoms with van der Waals surface area (Å²) in [7, 11) is 8.62. The third-order valence-electron chi connectivity index (χ3n) is 6.92. The van der Waals surface area contributed by atoms with Gasteiger partial charge in [-0.3, -0.25) is 14.4 Å². The van der Waals surface area contributed by atoms with Gasteiger partial charge in [0.05, 0.1) is 30.9 Å². The molecule has 316 valence electrons. The van der Waals surface area contributed by atoms with E-state index in [1.165, 1.54) is 43.2 Å². The number of hydrogen-bond donors (Lipinski definition) is 3.